The summed E-state index contributed by atoms with van der Waals surface area (Å²) in [6.45, 7) is 2.85. The molecule has 0 unspecified atom stereocenters. The van der Waals surface area contributed by atoms with Crippen LogP contribution in [0.3, 0.4) is 0 Å². The number of carbonyl (C=O) groups is 1. The van der Waals surface area contributed by atoms with Crippen molar-refractivity contribution < 1.29 is 40.6 Å². The molecule has 2 fully saturated rings. The van der Waals surface area contributed by atoms with Crippen molar-refractivity contribution in [2.45, 2.75) is 51.0 Å². The first-order chi connectivity index (χ1) is 17.9. The molecule has 10 heteroatoms. The van der Waals surface area contributed by atoms with Gasteiger partial charge in [-0.1, -0.05) is 19.1 Å². The number of ether oxygens (including phenoxy) is 2. The van der Waals surface area contributed by atoms with Gasteiger partial charge in [-0.15, -0.1) is 0 Å². The van der Waals surface area contributed by atoms with Crippen molar-refractivity contribution in [2.75, 3.05) is 26.8 Å². The maximum Gasteiger partial charge on any atom is 0.416 e. The van der Waals surface area contributed by atoms with Crippen LogP contribution >= 0.6 is 0 Å². The van der Waals surface area contributed by atoms with Gasteiger partial charge in [-0.3, -0.25) is 9.69 Å². The third kappa shape index (κ3) is 6.81. The molecule has 1 saturated carbocycles. The van der Waals surface area contributed by atoms with Gasteiger partial charge in [-0.25, -0.2) is 0 Å². The lowest BCUT2D eigenvalue weighted by Crippen LogP contribution is -2.24. The smallest absolute Gasteiger partial charge is 0.416 e. The molecule has 3 atom stereocenters. The van der Waals surface area contributed by atoms with Crippen molar-refractivity contribution in [3.63, 3.8) is 0 Å². The predicted octanol–water partition coefficient (Wildman–Crippen LogP) is 6.93. The average Bonchev–Trinajstić information content (AvgIpc) is 3.59. The number of likely N-dealkylation sites (tertiary alicyclic amines) is 1. The summed E-state index contributed by atoms with van der Waals surface area (Å²) in [5.41, 5.74) is -1.52. The van der Waals surface area contributed by atoms with E-state index < -0.39 is 23.5 Å². The fourth-order valence-electron chi connectivity index (χ4n) is 5.39. The molecule has 2 aromatic carbocycles. The maximum absolute atomic E-state index is 13.4. The Hall–Kier alpha value is -2.75. The minimum Gasteiger partial charge on any atom is -0.493 e. The van der Waals surface area contributed by atoms with E-state index in [4.69, 9.17) is 9.47 Å². The second-order valence-corrected chi connectivity index (χ2v) is 10.3. The number of benzene rings is 2. The first-order valence-corrected chi connectivity index (χ1v) is 12.7. The van der Waals surface area contributed by atoms with Gasteiger partial charge in [-0.2, -0.15) is 26.3 Å². The lowest BCUT2D eigenvalue weighted by Gasteiger charge is -2.23. The van der Waals surface area contributed by atoms with E-state index in [1.54, 1.807) is 4.90 Å². The molecule has 1 aliphatic carbocycles. The third-order valence-corrected chi connectivity index (χ3v) is 7.47. The Labute approximate surface area is 217 Å². The molecule has 1 saturated heterocycles. The molecule has 0 bridgehead atoms. The largest absolute Gasteiger partial charge is 0.493 e. The first-order valence-electron chi connectivity index (χ1n) is 12.7. The van der Waals surface area contributed by atoms with E-state index in [1.807, 2.05) is 31.2 Å². The molecule has 0 spiro atoms. The molecule has 38 heavy (non-hydrogen) atoms. The zero-order chi connectivity index (χ0) is 27.7. The standard InChI is InChI=1S/C28H31F6NO3/c1-17(26(36)37-2)25(19-6-7-19)20-4-3-5-23(13-20)38-16-18-10-11-35(14-18)15-21-12-22(27(29,30)31)8-9-24(21)28(32,33)34/h3-5,8-9,12-13,17-19,25H,6-7,10-11,14-16H2,1-2H3/t17-,18-,25-/m0/s1. The van der Waals surface area contributed by atoms with Gasteiger partial charge in [0.15, 0.2) is 0 Å². The zero-order valence-electron chi connectivity index (χ0n) is 21.2. The van der Waals surface area contributed by atoms with Gasteiger partial charge in [0.25, 0.3) is 0 Å². The number of hydrogen-bond acceptors (Lipinski definition) is 4. The van der Waals surface area contributed by atoms with Gasteiger partial charge >= 0.3 is 18.3 Å². The average molecular weight is 544 g/mol. The van der Waals surface area contributed by atoms with Crippen LogP contribution in [0.2, 0.25) is 0 Å². The minimum atomic E-state index is -4.74. The van der Waals surface area contributed by atoms with Crippen LogP contribution in [-0.2, 0) is 28.4 Å². The molecular formula is C28H31F6NO3. The van der Waals surface area contributed by atoms with Crippen LogP contribution in [0.1, 0.15) is 54.4 Å². The van der Waals surface area contributed by atoms with Crippen LogP contribution in [0.4, 0.5) is 26.3 Å². The zero-order valence-corrected chi connectivity index (χ0v) is 21.2. The van der Waals surface area contributed by atoms with Gasteiger partial charge in [0.1, 0.15) is 5.75 Å². The third-order valence-electron chi connectivity index (χ3n) is 7.47. The summed E-state index contributed by atoms with van der Waals surface area (Å²) in [6.07, 6.45) is -6.70. The van der Waals surface area contributed by atoms with E-state index in [1.165, 1.54) is 7.11 Å². The van der Waals surface area contributed by atoms with Crippen LogP contribution in [0.5, 0.6) is 5.75 Å². The molecular weight excluding hydrogens is 512 g/mol. The normalized spacial score (nSPS) is 20.3. The van der Waals surface area contributed by atoms with E-state index in [9.17, 15) is 31.1 Å². The quantitative estimate of drug-likeness (QED) is 0.254. The molecule has 1 aliphatic heterocycles. The van der Waals surface area contributed by atoms with Crippen molar-refractivity contribution in [1.82, 2.24) is 4.90 Å². The summed E-state index contributed by atoms with van der Waals surface area (Å²) < 4.78 is 90.7. The van der Waals surface area contributed by atoms with Crippen LogP contribution in [0.25, 0.3) is 0 Å². The number of halogens is 6. The Balaban J connectivity index is 1.39. The molecule has 0 N–H and O–H groups in total. The number of hydrogen-bond donors (Lipinski definition) is 0. The van der Waals surface area contributed by atoms with E-state index in [-0.39, 0.29) is 35.8 Å². The molecule has 208 valence electrons. The number of nitrogens with zero attached hydrogens (tertiary/aromatic N) is 1. The van der Waals surface area contributed by atoms with Gasteiger partial charge in [0.2, 0.25) is 0 Å². The fourth-order valence-corrected chi connectivity index (χ4v) is 5.39. The number of esters is 1. The summed E-state index contributed by atoms with van der Waals surface area (Å²) in [7, 11) is 1.38. The molecule has 1 heterocycles. The second-order valence-electron chi connectivity index (χ2n) is 10.3. The predicted molar refractivity (Wildman–Crippen MR) is 128 cm³/mol. The van der Waals surface area contributed by atoms with Crippen molar-refractivity contribution in [3.05, 3.63) is 64.7 Å². The summed E-state index contributed by atoms with van der Waals surface area (Å²) in [4.78, 5) is 13.9. The topological polar surface area (TPSA) is 38.8 Å². The van der Waals surface area contributed by atoms with Crippen molar-refractivity contribution in [3.8, 4) is 5.75 Å². The highest BCUT2D eigenvalue weighted by Crippen LogP contribution is 2.47. The van der Waals surface area contributed by atoms with Gasteiger partial charge in [0.05, 0.1) is 30.8 Å². The van der Waals surface area contributed by atoms with Gasteiger partial charge < -0.3 is 9.47 Å². The SMILES string of the molecule is COC(=O)[C@@H](C)[C@H](c1cccc(OC[C@H]2CCN(Cc3cc(C(F)(F)F)ccc3C(F)(F)F)C2)c1)C1CC1. The molecule has 2 aromatic rings. The Morgan fingerprint density at radius 1 is 1.03 bits per heavy atom. The van der Waals surface area contributed by atoms with E-state index >= 15 is 0 Å². The number of alkyl halides is 6. The Morgan fingerprint density at radius 2 is 1.76 bits per heavy atom. The molecule has 0 radical (unpaired) electrons. The molecule has 2 aliphatic rings. The number of rotatable bonds is 9. The fraction of sp³-hybridized carbons (Fsp3) is 0.536. The molecule has 4 rings (SSSR count). The second kappa shape index (κ2) is 11.2. The van der Waals surface area contributed by atoms with Gasteiger partial charge in [0, 0.05) is 19.0 Å². The number of methoxy groups -OCH3 is 1. The lowest BCUT2D eigenvalue weighted by molar-refractivity contribution is -0.146. The highest BCUT2D eigenvalue weighted by molar-refractivity contribution is 5.73. The monoisotopic (exact) mass is 543 g/mol. The Bertz CT molecular complexity index is 1130. The highest BCUT2D eigenvalue weighted by atomic mass is 19.4. The summed E-state index contributed by atoms with van der Waals surface area (Å²) in [6, 6.07) is 9.17. The van der Waals surface area contributed by atoms with Crippen LogP contribution in [-0.4, -0.2) is 37.7 Å². The summed E-state index contributed by atoms with van der Waals surface area (Å²) in [5.74, 6) is 0.564. The molecule has 4 nitrogen and oxygen atoms in total. The molecule has 0 amide bonds. The van der Waals surface area contributed by atoms with Crippen LogP contribution < -0.4 is 4.74 Å². The number of carbonyl (C=O) groups excluding carboxylic acids is 1. The van der Waals surface area contributed by atoms with Crippen molar-refractivity contribution in [1.29, 1.82) is 0 Å². The lowest BCUT2D eigenvalue weighted by atomic mass is 9.83. The summed E-state index contributed by atoms with van der Waals surface area (Å²) in [5, 5.41) is 0. The molecule has 0 aromatic heterocycles. The maximum atomic E-state index is 13.4. The minimum absolute atomic E-state index is 0.0204. The Morgan fingerprint density at radius 3 is 2.39 bits per heavy atom. The van der Waals surface area contributed by atoms with Gasteiger partial charge in [-0.05, 0) is 79.1 Å². The highest BCUT2D eigenvalue weighted by Gasteiger charge is 2.40. The van der Waals surface area contributed by atoms with Crippen LogP contribution in [0, 0.1) is 17.8 Å². The van der Waals surface area contributed by atoms with Crippen LogP contribution in [0.15, 0.2) is 42.5 Å². The summed E-state index contributed by atoms with van der Waals surface area (Å²) >= 11 is 0. The van der Waals surface area contributed by atoms with E-state index in [2.05, 4.69) is 0 Å². The van der Waals surface area contributed by atoms with Crippen molar-refractivity contribution in [2.24, 2.45) is 17.8 Å². The Kier molecular flexibility index (Phi) is 8.30. The van der Waals surface area contributed by atoms with E-state index in [0.717, 1.165) is 18.4 Å². The first kappa shape index (κ1) is 28.3. The van der Waals surface area contributed by atoms with E-state index in [0.29, 0.717) is 56.0 Å². The van der Waals surface area contributed by atoms with Crippen molar-refractivity contribution >= 4 is 5.97 Å².